The minimum atomic E-state index is 0.664. The Balaban J connectivity index is 3.17. The van der Waals surface area contributed by atoms with Crippen LogP contribution in [-0.2, 0) is 0 Å². The molecule has 0 aromatic rings. The van der Waals surface area contributed by atoms with Gasteiger partial charge in [0, 0.05) is 0 Å². The summed E-state index contributed by atoms with van der Waals surface area (Å²) in [4.78, 5) is 0. The first-order chi connectivity index (χ1) is 5.70. The number of nitrogens with two attached hydrogens (primary N) is 1. The molecule has 3 N–H and O–H groups in total. The van der Waals surface area contributed by atoms with Gasteiger partial charge in [-0.2, -0.15) is 0 Å². The van der Waals surface area contributed by atoms with Gasteiger partial charge in [0.25, 0.3) is 0 Å². The van der Waals surface area contributed by atoms with Crippen molar-refractivity contribution >= 4 is 0 Å². The Labute approximate surface area is 76.9 Å². The number of nitrogens with one attached hydrogen (secondary N) is 1. The molecule has 0 saturated carbocycles. The molecule has 74 valence electrons. The van der Waals surface area contributed by atoms with Crippen LogP contribution in [0.15, 0.2) is 0 Å². The average molecular weight is 172 g/mol. The summed E-state index contributed by atoms with van der Waals surface area (Å²) in [5.74, 6) is 1.47. The van der Waals surface area contributed by atoms with Gasteiger partial charge in [-0.05, 0) is 37.9 Å². The molecule has 2 nitrogen and oxygen atoms in total. The van der Waals surface area contributed by atoms with Crippen LogP contribution in [0.1, 0.15) is 33.6 Å². The van der Waals surface area contributed by atoms with Crippen molar-refractivity contribution in [2.75, 3.05) is 19.6 Å². The van der Waals surface area contributed by atoms with Crippen LogP contribution in [0, 0.1) is 11.8 Å². The van der Waals surface area contributed by atoms with E-state index in [2.05, 4.69) is 26.1 Å². The lowest BCUT2D eigenvalue weighted by molar-refractivity contribution is 0.451. The molecule has 0 aliphatic carbocycles. The highest BCUT2D eigenvalue weighted by molar-refractivity contribution is 4.61. The van der Waals surface area contributed by atoms with Crippen molar-refractivity contribution in [2.24, 2.45) is 17.6 Å². The van der Waals surface area contributed by atoms with Crippen LogP contribution in [0.25, 0.3) is 0 Å². The van der Waals surface area contributed by atoms with E-state index in [1.54, 1.807) is 0 Å². The minimum absolute atomic E-state index is 0.664. The van der Waals surface area contributed by atoms with Gasteiger partial charge >= 0.3 is 0 Å². The molecule has 0 bridgehead atoms. The molecule has 0 heterocycles. The smallest absolute Gasteiger partial charge is 0.000856 e. The van der Waals surface area contributed by atoms with Crippen molar-refractivity contribution in [3.63, 3.8) is 0 Å². The van der Waals surface area contributed by atoms with Crippen molar-refractivity contribution < 1.29 is 0 Å². The van der Waals surface area contributed by atoms with Crippen LogP contribution >= 0.6 is 0 Å². The van der Waals surface area contributed by atoms with Gasteiger partial charge < -0.3 is 11.1 Å². The fourth-order valence-corrected chi connectivity index (χ4v) is 1.09. The molecular weight excluding hydrogens is 148 g/mol. The van der Waals surface area contributed by atoms with E-state index in [1.165, 1.54) is 12.8 Å². The highest BCUT2D eigenvalue weighted by atomic mass is 14.9. The van der Waals surface area contributed by atoms with Crippen molar-refractivity contribution in [3.05, 3.63) is 0 Å². The number of rotatable bonds is 7. The Kier molecular flexibility index (Phi) is 7.51. The van der Waals surface area contributed by atoms with E-state index in [-0.39, 0.29) is 0 Å². The molecule has 12 heavy (non-hydrogen) atoms. The third kappa shape index (κ3) is 6.62. The lowest BCUT2D eigenvalue weighted by Gasteiger charge is -2.13. The molecule has 2 heteroatoms. The van der Waals surface area contributed by atoms with Gasteiger partial charge in [0.05, 0.1) is 0 Å². The highest BCUT2D eigenvalue weighted by Crippen LogP contribution is 1.99. The van der Waals surface area contributed by atoms with Crippen LogP contribution in [0.2, 0.25) is 0 Å². The van der Waals surface area contributed by atoms with Gasteiger partial charge in [-0.25, -0.2) is 0 Å². The van der Waals surface area contributed by atoms with Crippen LogP contribution < -0.4 is 11.1 Å². The summed E-state index contributed by atoms with van der Waals surface area (Å²) in [6.45, 7) is 9.73. The van der Waals surface area contributed by atoms with Crippen LogP contribution in [0.3, 0.4) is 0 Å². The van der Waals surface area contributed by atoms with E-state index in [0.717, 1.165) is 25.6 Å². The Hall–Kier alpha value is -0.0800. The molecule has 0 aromatic heterocycles. The molecule has 0 radical (unpaired) electrons. The van der Waals surface area contributed by atoms with E-state index < -0.39 is 0 Å². The van der Waals surface area contributed by atoms with Gasteiger partial charge in [0.1, 0.15) is 0 Å². The first kappa shape index (κ1) is 11.9. The predicted octanol–water partition coefficient (Wildman–Crippen LogP) is 1.61. The highest BCUT2D eigenvalue weighted by Gasteiger charge is 2.02. The molecule has 1 atom stereocenters. The Morgan fingerprint density at radius 3 is 2.42 bits per heavy atom. The maximum absolute atomic E-state index is 5.59. The minimum Gasteiger partial charge on any atom is -0.330 e. The largest absolute Gasteiger partial charge is 0.330 e. The summed E-state index contributed by atoms with van der Waals surface area (Å²) in [5.41, 5.74) is 5.59. The summed E-state index contributed by atoms with van der Waals surface area (Å²) in [7, 11) is 0. The molecule has 0 saturated heterocycles. The molecule has 0 amide bonds. The van der Waals surface area contributed by atoms with Crippen molar-refractivity contribution in [2.45, 2.75) is 33.6 Å². The van der Waals surface area contributed by atoms with Gasteiger partial charge in [0.2, 0.25) is 0 Å². The van der Waals surface area contributed by atoms with E-state index >= 15 is 0 Å². The first-order valence-corrected chi connectivity index (χ1v) is 5.11. The number of hydrogen-bond donors (Lipinski definition) is 2. The zero-order valence-corrected chi connectivity index (χ0v) is 8.77. The Morgan fingerprint density at radius 1 is 1.33 bits per heavy atom. The Morgan fingerprint density at radius 2 is 2.00 bits per heavy atom. The molecule has 0 aliphatic rings. The maximum Gasteiger partial charge on any atom is -0.000856 e. The quantitative estimate of drug-likeness (QED) is 0.573. The third-order valence-electron chi connectivity index (χ3n) is 2.24. The molecule has 0 spiro atoms. The average Bonchev–Trinajstić information content (AvgIpc) is 2.04. The van der Waals surface area contributed by atoms with Crippen molar-refractivity contribution in [1.82, 2.24) is 5.32 Å². The first-order valence-electron chi connectivity index (χ1n) is 5.11. The lowest BCUT2D eigenvalue weighted by Crippen LogP contribution is -2.28. The Bertz CT molecular complexity index is 87.8. The second-order valence-corrected chi connectivity index (χ2v) is 3.90. The summed E-state index contributed by atoms with van der Waals surface area (Å²) < 4.78 is 0. The number of hydrogen-bond acceptors (Lipinski definition) is 2. The summed E-state index contributed by atoms with van der Waals surface area (Å²) in [6.07, 6.45) is 2.45. The fraction of sp³-hybridized carbons (Fsp3) is 1.00. The van der Waals surface area contributed by atoms with E-state index in [4.69, 9.17) is 5.73 Å². The monoisotopic (exact) mass is 172 g/mol. The van der Waals surface area contributed by atoms with Gasteiger partial charge in [-0.1, -0.05) is 27.2 Å². The standard InChI is InChI=1S/C10H24N2/c1-4-10(7-11)8-12-6-5-9(2)3/h9-10,12H,4-8,11H2,1-3H3. The summed E-state index contributed by atoms with van der Waals surface area (Å²) in [6, 6.07) is 0. The normalized spacial score (nSPS) is 13.8. The van der Waals surface area contributed by atoms with Crippen LogP contribution in [-0.4, -0.2) is 19.6 Å². The van der Waals surface area contributed by atoms with Crippen LogP contribution in [0.5, 0.6) is 0 Å². The van der Waals surface area contributed by atoms with Gasteiger partial charge in [-0.15, -0.1) is 0 Å². The SMILES string of the molecule is CCC(CN)CNCCC(C)C. The van der Waals surface area contributed by atoms with Crippen molar-refractivity contribution in [1.29, 1.82) is 0 Å². The second kappa shape index (κ2) is 7.56. The van der Waals surface area contributed by atoms with Gasteiger partial charge in [-0.3, -0.25) is 0 Å². The van der Waals surface area contributed by atoms with Crippen LogP contribution in [0.4, 0.5) is 0 Å². The molecule has 0 rings (SSSR count). The fourth-order valence-electron chi connectivity index (χ4n) is 1.09. The molecule has 0 fully saturated rings. The third-order valence-corrected chi connectivity index (χ3v) is 2.24. The maximum atomic E-state index is 5.59. The molecular formula is C10H24N2. The molecule has 1 unspecified atom stereocenters. The predicted molar refractivity (Wildman–Crippen MR) is 55.2 cm³/mol. The van der Waals surface area contributed by atoms with Gasteiger partial charge in [0.15, 0.2) is 0 Å². The molecule has 0 aromatic carbocycles. The zero-order valence-electron chi connectivity index (χ0n) is 8.77. The lowest BCUT2D eigenvalue weighted by atomic mass is 10.1. The van der Waals surface area contributed by atoms with Crippen molar-refractivity contribution in [3.8, 4) is 0 Å². The van der Waals surface area contributed by atoms with E-state index in [1.807, 2.05) is 0 Å². The van der Waals surface area contributed by atoms with E-state index in [0.29, 0.717) is 5.92 Å². The molecule has 0 aliphatic heterocycles. The zero-order chi connectivity index (χ0) is 9.40. The van der Waals surface area contributed by atoms with E-state index in [9.17, 15) is 0 Å². The summed E-state index contributed by atoms with van der Waals surface area (Å²) in [5, 5.41) is 3.44. The summed E-state index contributed by atoms with van der Waals surface area (Å²) >= 11 is 0. The second-order valence-electron chi connectivity index (χ2n) is 3.90. The topological polar surface area (TPSA) is 38.0 Å².